The van der Waals surface area contributed by atoms with Gasteiger partial charge in [0.05, 0.1) is 0 Å². The minimum atomic E-state index is -0.371. The molecule has 0 bridgehead atoms. The van der Waals surface area contributed by atoms with Gasteiger partial charge in [-0.15, -0.1) is 0 Å². The fourth-order valence-corrected chi connectivity index (χ4v) is 2.93. The van der Waals surface area contributed by atoms with Gasteiger partial charge in [-0.05, 0) is 61.1 Å². The van der Waals surface area contributed by atoms with Crippen LogP contribution in [0.15, 0.2) is 60.2 Å². The third-order valence-electron chi connectivity index (χ3n) is 4.43. The third kappa shape index (κ3) is 7.10. The van der Waals surface area contributed by atoms with Gasteiger partial charge in [-0.3, -0.25) is 4.79 Å². The number of benzene rings is 2. The quantitative estimate of drug-likeness (QED) is 0.621. The normalized spacial score (nSPS) is 11.7. The van der Waals surface area contributed by atoms with Crippen LogP contribution in [0.1, 0.15) is 31.9 Å². The number of hydrogen-bond acceptors (Lipinski definition) is 2. The zero-order valence-corrected chi connectivity index (χ0v) is 17.1. The SMILES string of the molecule is C[C](C)CN(CC=C(C)C(N)=O)c1ccc(CCc2ccc(Cl)cc2)cc1. The second kappa shape index (κ2) is 10.2. The van der Waals surface area contributed by atoms with E-state index < -0.39 is 0 Å². The first-order valence-electron chi connectivity index (χ1n) is 9.19. The molecule has 0 heterocycles. The van der Waals surface area contributed by atoms with Crippen molar-refractivity contribution < 1.29 is 4.79 Å². The van der Waals surface area contributed by atoms with E-state index in [0.29, 0.717) is 12.1 Å². The number of aryl methyl sites for hydroxylation is 2. The lowest BCUT2D eigenvalue weighted by atomic mass is 10.0. The molecule has 0 spiro atoms. The van der Waals surface area contributed by atoms with Crippen LogP contribution >= 0.6 is 11.6 Å². The molecule has 0 aliphatic rings. The Hall–Kier alpha value is -2.26. The first-order chi connectivity index (χ1) is 12.8. The largest absolute Gasteiger partial charge is 0.367 e. The molecule has 0 aliphatic heterocycles. The molecule has 0 fully saturated rings. The van der Waals surface area contributed by atoms with E-state index in [1.807, 2.05) is 18.2 Å². The van der Waals surface area contributed by atoms with Crippen LogP contribution in [0.2, 0.25) is 5.02 Å². The van der Waals surface area contributed by atoms with Crippen molar-refractivity contribution in [3.63, 3.8) is 0 Å². The van der Waals surface area contributed by atoms with Crippen molar-refractivity contribution in [2.75, 3.05) is 18.0 Å². The summed E-state index contributed by atoms with van der Waals surface area (Å²) in [7, 11) is 0. The van der Waals surface area contributed by atoms with Crippen LogP contribution in [0, 0.1) is 5.92 Å². The van der Waals surface area contributed by atoms with Crippen molar-refractivity contribution >= 4 is 23.2 Å². The molecule has 0 saturated heterocycles. The van der Waals surface area contributed by atoms with Crippen LogP contribution in [-0.2, 0) is 17.6 Å². The maximum absolute atomic E-state index is 11.2. The minimum Gasteiger partial charge on any atom is -0.367 e. The monoisotopic (exact) mass is 383 g/mol. The molecule has 1 radical (unpaired) electrons. The zero-order valence-electron chi connectivity index (χ0n) is 16.3. The Kier molecular flexibility index (Phi) is 7.93. The highest BCUT2D eigenvalue weighted by Crippen LogP contribution is 2.19. The van der Waals surface area contributed by atoms with Crippen molar-refractivity contribution in [2.45, 2.75) is 33.6 Å². The molecule has 4 heteroatoms. The number of nitrogens with two attached hydrogens (primary N) is 1. The molecule has 2 rings (SSSR count). The van der Waals surface area contributed by atoms with Gasteiger partial charge >= 0.3 is 0 Å². The first-order valence-corrected chi connectivity index (χ1v) is 9.57. The Morgan fingerprint density at radius 3 is 1.96 bits per heavy atom. The van der Waals surface area contributed by atoms with Gasteiger partial charge in [-0.25, -0.2) is 0 Å². The van der Waals surface area contributed by atoms with E-state index >= 15 is 0 Å². The number of amides is 1. The van der Waals surface area contributed by atoms with Crippen LogP contribution in [-0.4, -0.2) is 19.0 Å². The fourth-order valence-electron chi connectivity index (χ4n) is 2.80. The number of anilines is 1. The molecule has 2 aromatic rings. The van der Waals surface area contributed by atoms with E-state index in [1.165, 1.54) is 17.0 Å². The van der Waals surface area contributed by atoms with Gasteiger partial charge in [0.1, 0.15) is 0 Å². The molecule has 143 valence electrons. The van der Waals surface area contributed by atoms with Crippen LogP contribution in [0.3, 0.4) is 0 Å². The topological polar surface area (TPSA) is 46.3 Å². The van der Waals surface area contributed by atoms with E-state index in [9.17, 15) is 4.79 Å². The van der Waals surface area contributed by atoms with Gasteiger partial charge < -0.3 is 10.6 Å². The summed E-state index contributed by atoms with van der Waals surface area (Å²) in [5.41, 5.74) is 9.65. The van der Waals surface area contributed by atoms with Gasteiger partial charge in [0, 0.05) is 29.4 Å². The number of halogens is 1. The molecule has 2 aromatic carbocycles. The van der Waals surface area contributed by atoms with Crippen molar-refractivity contribution in [1.29, 1.82) is 0 Å². The number of rotatable bonds is 9. The first kappa shape index (κ1) is 21.0. The molecular weight excluding hydrogens is 356 g/mol. The Labute approximate surface area is 167 Å². The Bertz CT molecular complexity index is 764. The predicted molar refractivity (Wildman–Crippen MR) is 115 cm³/mol. The molecule has 1 amide bonds. The van der Waals surface area contributed by atoms with Crippen LogP contribution < -0.4 is 10.6 Å². The van der Waals surface area contributed by atoms with Crippen molar-refractivity contribution in [3.8, 4) is 0 Å². The second-order valence-electron chi connectivity index (χ2n) is 7.13. The van der Waals surface area contributed by atoms with E-state index in [1.54, 1.807) is 6.92 Å². The highest BCUT2D eigenvalue weighted by molar-refractivity contribution is 6.30. The van der Waals surface area contributed by atoms with Crippen molar-refractivity contribution in [3.05, 3.63) is 82.2 Å². The average molecular weight is 384 g/mol. The lowest BCUT2D eigenvalue weighted by molar-refractivity contribution is -0.114. The minimum absolute atomic E-state index is 0.371. The number of primary amides is 1. The lowest BCUT2D eigenvalue weighted by Crippen LogP contribution is -2.27. The summed E-state index contributed by atoms with van der Waals surface area (Å²) in [6.45, 7) is 7.47. The van der Waals surface area contributed by atoms with Crippen molar-refractivity contribution in [2.24, 2.45) is 5.73 Å². The summed E-state index contributed by atoms with van der Waals surface area (Å²) < 4.78 is 0. The lowest BCUT2D eigenvalue weighted by Gasteiger charge is -2.25. The highest BCUT2D eigenvalue weighted by atomic mass is 35.5. The van der Waals surface area contributed by atoms with Crippen LogP contribution in [0.25, 0.3) is 0 Å². The Balaban J connectivity index is 2.03. The molecular formula is C23H28ClN2O. The van der Waals surface area contributed by atoms with Crippen LogP contribution in [0.4, 0.5) is 5.69 Å². The summed E-state index contributed by atoms with van der Waals surface area (Å²) in [5.74, 6) is 0.941. The standard InChI is InChI=1S/C23H28ClN2O/c1-17(2)16-26(15-14-18(3)23(25)27)22-12-8-20(9-13-22)5-4-19-6-10-21(24)11-7-19/h6-14H,4-5,15-16H2,1-3H3,(H2,25,27). The summed E-state index contributed by atoms with van der Waals surface area (Å²) in [5, 5.41) is 0.770. The van der Waals surface area contributed by atoms with Crippen molar-refractivity contribution in [1.82, 2.24) is 0 Å². The fraction of sp³-hybridized carbons (Fsp3) is 0.304. The second-order valence-corrected chi connectivity index (χ2v) is 7.57. The maximum Gasteiger partial charge on any atom is 0.244 e. The summed E-state index contributed by atoms with van der Waals surface area (Å²) in [6.07, 6.45) is 3.86. The summed E-state index contributed by atoms with van der Waals surface area (Å²) in [4.78, 5) is 13.5. The molecule has 3 nitrogen and oxygen atoms in total. The number of hydrogen-bond donors (Lipinski definition) is 1. The van der Waals surface area contributed by atoms with E-state index in [2.05, 4.69) is 55.1 Å². The van der Waals surface area contributed by atoms with E-state index in [4.69, 9.17) is 17.3 Å². The number of nitrogens with zero attached hydrogens (tertiary/aromatic N) is 1. The van der Waals surface area contributed by atoms with Gasteiger partial charge in [0.25, 0.3) is 0 Å². The molecule has 0 aliphatic carbocycles. The number of carbonyl (C=O) groups is 1. The average Bonchev–Trinajstić information content (AvgIpc) is 2.64. The van der Waals surface area contributed by atoms with Gasteiger partial charge in [-0.1, -0.05) is 55.8 Å². The highest BCUT2D eigenvalue weighted by Gasteiger charge is 2.09. The summed E-state index contributed by atoms with van der Waals surface area (Å²) >= 11 is 5.94. The molecule has 0 saturated carbocycles. The number of carbonyl (C=O) groups excluding carboxylic acids is 1. The van der Waals surface area contributed by atoms with Crippen LogP contribution in [0.5, 0.6) is 0 Å². The molecule has 0 aromatic heterocycles. The van der Waals surface area contributed by atoms with E-state index in [-0.39, 0.29) is 5.91 Å². The molecule has 0 atom stereocenters. The van der Waals surface area contributed by atoms with Gasteiger partial charge in [0.2, 0.25) is 5.91 Å². The predicted octanol–water partition coefficient (Wildman–Crippen LogP) is 4.98. The smallest absolute Gasteiger partial charge is 0.244 e. The zero-order chi connectivity index (χ0) is 19.8. The summed E-state index contributed by atoms with van der Waals surface area (Å²) in [6, 6.07) is 16.7. The Morgan fingerprint density at radius 1 is 0.963 bits per heavy atom. The van der Waals surface area contributed by atoms with Gasteiger partial charge in [-0.2, -0.15) is 0 Å². The van der Waals surface area contributed by atoms with Gasteiger partial charge in [0.15, 0.2) is 0 Å². The molecule has 2 N–H and O–H groups in total. The maximum atomic E-state index is 11.2. The third-order valence-corrected chi connectivity index (χ3v) is 4.68. The molecule has 27 heavy (non-hydrogen) atoms. The Morgan fingerprint density at radius 2 is 1.48 bits per heavy atom. The van der Waals surface area contributed by atoms with E-state index in [0.717, 1.165) is 30.1 Å². The molecule has 0 unspecified atom stereocenters.